The Kier molecular flexibility index (Phi) is 3.25. The molecule has 1 N–H and O–H groups in total. The first-order chi connectivity index (χ1) is 9.03. The maximum Gasteiger partial charge on any atom is 0.146 e. The molecule has 104 valence electrons. The van der Waals surface area contributed by atoms with Gasteiger partial charge in [0.1, 0.15) is 5.82 Å². The minimum Gasteiger partial charge on any atom is -0.369 e. The van der Waals surface area contributed by atoms with E-state index in [1.54, 1.807) is 6.07 Å². The van der Waals surface area contributed by atoms with Gasteiger partial charge < -0.3 is 10.2 Å². The molecule has 0 bridgehead atoms. The molecule has 3 rings (SSSR count). The van der Waals surface area contributed by atoms with Crippen molar-refractivity contribution < 1.29 is 4.39 Å². The second-order valence-electron chi connectivity index (χ2n) is 6.78. The summed E-state index contributed by atoms with van der Waals surface area (Å²) < 4.78 is 14.2. The van der Waals surface area contributed by atoms with Crippen LogP contribution in [0.5, 0.6) is 0 Å². The zero-order valence-electron chi connectivity index (χ0n) is 11.9. The van der Waals surface area contributed by atoms with E-state index in [0.717, 1.165) is 37.3 Å². The van der Waals surface area contributed by atoms with Gasteiger partial charge in [-0.05, 0) is 42.4 Å². The third kappa shape index (κ3) is 3.08. The molecule has 1 aliphatic heterocycles. The molecule has 0 aromatic heterocycles. The smallest absolute Gasteiger partial charge is 0.146 e. The second-order valence-corrected chi connectivity index (χ2v) is 6.78. The van der Waals surface area contributed by atoms with E-state index in [2.05, 4.69) is 30.1 Å². The minimum absolute atomic E-state index is 0.0761. The average Bonchev–Trinajstić information content (AvgIpc) is 3.11. The zero-order valence-corrected chi connectivity index (χ0v) is 11.9. The first-order valence-corrected chi connectivity index (χ1v) is 7.30. The summed E-state index contributed by atoms with van der Waals surface area (Å²) in [6, 6.07) is 6.36. The molecule has 1 heterocycles. The number of rotatable bonds is 4. The molecule has 0 atom stereocenters. The summed E-state index contributed by atoms with van der Waals surface area (Å²) in [5.74, 6) is -0.0761. The lowest BCUT2D eigenvalue weighted by Crippen LogP contribution is -2.23. The summed E-state index contributed by atoms with van der Waals surface area (Å²) in [4.78, 5) is 2.17. The molecule has 1 aromatic carbocycles. The fourth-order valence-electron chi connectivity index (χ4n) is 2.78. The van der Waals surface area contributed by atoms with Crippen molar-refractivity contribution in [1.82, 2.24) is 5.32 Å². The van der Waals surface area contributed by atoms with Crippen molar-refractivity contribution in [2.75, 3.05) is 18.0 Å². The Hall–Kier alpha value is -1.09. The van der Waals surface area contributed by atoms with Crippen LogP contribution < -0.4 is 10.2 Å². The maximum absolute atomic E-state index is 14.2. The van der Waals surface area contributed by atoms with Crippen molar-refractivity contribution in [1.29, 1.82) is 0 Å². The number of anilines is 1. The molecule has 1 aliphatic carbocycles. The first-order valence-electron chi connectivity index (χ1n) is 7.30. The molecule has 3 heteroatoms. The molecule has 0 spiro atoms. The van der Waals surface area contributed by atoms with Crippen LogP contribution in [0.1, 0.15) is 38.7 Å². The maximum atomic E-state index is 14.2. The van der Waals surface area contributed by atoms with Gasteiger partial charge in [-0.2, -0.15) is 0 Å². The summed E-state index contributed by atoms with van der Waals surface area (Å²) in [5.41, 5.74) is 2.12. The van der Waals surface area contributed by atoms with Crippen molar-refractivity contribution in [2.45, 2.75) is 45.7 Å². The van der Waals surface area contributed by atoms with Crippen LogP contribution in [-0.2, 0) is 6.54 Å². The van der Waals surface area contributed by atoms with Crippen molar-refractivity contribution >= 4 is 5.69 Å². The largest absolute Gasteiger partial charge is 0.369 e. The molecule has 1 saturated carbocycles. The molecule has 1 saturated heterocycles. The average molecular weight is 262 g/mol. The highest BCUT2D eigenvalue weighted by Crippen LogP contribution is 2.33. The third-order valence-electron chi connectivity index (χ3n) is 4.20. The summed E-state index contributed by atoms with van der Waals surface area (Å²) in [6.07, 6.45) is 3.67. The standard InChI is InChI=1S/C16H23FN2/c1-16(2)7-8-19(11-16)15-6-3-12(9-14(15)17)10-18-13-4-5-13/h3,6,9,13,18H,4-5,7-8,10-11H2,1-2H3. The fourth-order valence-corrected chi connectivity index (χ4v) is 2.78. The topological polar surface area (TPSA) is 15.3 Å². The van der Waals surface area contributed by atoms with E-state index >= 15 is 0 Å². The van der Waals surface area contributed by atoms with Gasteiger partial charge in [-0.1, -0.05) is 19.9 Å². The van der Waals surface area contributed by atoms with E-state index in [0.29, 0.717) is 11.5 Å². The number of nitrogens with one attached hydrogen (secondary N) is 1. The molecular formula is C16H23FN2. The van der Waals surface area contributed by atoms with Crippen molar-refractivity contribution in [3.63, 3.8) is 0 Å². The Morgan fingerprint density at radius 3 is 2.74 bits per heavy atom. The van der Waals surface area contributed by atoms with Gasteiger partial charge in [0.05, 0.1) is 5.69 Å². The van der Waals surface area contributed by atoms with Crippen LogP contribution in [0.4, 0.5) is 10.1 Å². The van der Waals surface area contributed by atoms with Gasteiger partial charge in [0.25, 0.3) is 0 Å². The highest BCUT2D eigenvalue weighted by molar-refractivity contribution is 5.50. The predicted octanol–water partition coefficient (Wildman–Crippen LogP) is 3.31. The van der Waals surface area contributed by atoms with Crippen molar-refractivity contribution in [3.8, 4) is 0 Å². The number of hydrogen-bond acceptors (Lipinski definition) is 2. The summed E-state index contributed by atoms with van der Waals surface area (Å²) >= 11 is 0. The van der Waals surface area contributed by atoms with Gasteiger partial charge in [-0.3, -0.25) is 0 Å². The Bertz CT molecular complexity index is 466. The van der Waals surface area contributed by atoms with Gasteiger partial charge >= 0.3 is 0 Å². The van der Waals surface area contributed by atoms with Crippen molar-refractivity contribution in [3.05, 3.63) is 29.6 Å². The second kappa shape index (κ2) is 4.78. The first kappa shape index (κ1) is 12.9. The molecule has 19 heavy (non-hydrogen) atoms. The van der Waals surface area contributed by atoms with E-state index < -0.39 is 0 Å². The van der Waals surface area contributed by atoms with Crippen LogP contribution >= 0.6 is 0 Å². The van der Waals surface area contributed by atoms with Crippen LogP contribution in [0.2, 0.25) is 0 Å². The van der Waals surface area contributed by atoms with Gasteiger partial charge in [0, 0.05) is 25.7 Å². The normalized spacial score (nSPS) is 21.9. The number of nitrogens with zero attached hydrogens (tertiary/aromatic N) is 1. The van der Waals surface area contributed by atoms with E-state index in [-0.39, 0.29) is 5.82 Å². The van der Waals surface area contributed by atoms with Crippen LogP contribution in [0.15, 0.2) is 18.2 Å². The number of halogens is 1. The molecule has 1 aromatic rings. The summed E-state index contributed by atoms with van der Waals surface area (Å²) in [5, 5.41) is 3.42. The van der Waals surface area contributed by atoms with E-state index in [1.165, 1.54) is 12.8 Å². The molecular weight excluding hydrogens is 239 g/mol. The van der Waals surface area contributed by atoms with Crippen LogP contribution in [-0.4, -0.2) is 19.1 Å². The fraction of sp³-hybridized carbons (Fsp3) is 0.625. The lowest BCUT2D eigenvalue weighted by Gasteiger charge is -2.22. The Balaban J connectivity index is 1.68. The predicted molar refractivity (Wildman–Crippen MR) is 76.9 cm³/mol. The minimum atomic E-state index is -0.0761. The Labute approximate surface area is 115 Å². The van der Waals surface area contributed by atoms with E-state index in [4.69, 9.17) is 0 Å². The van der Waals surface area contributed by atoms with E-state index in [1.807, 2.05) is 6.07 Å². The summed E-state index contributed by atoms with van der Waals surface area (Å²) in [6.45, 7) is 7.19. The lowest BCUT2D eigenvalue weighted by atomic mass is 9.93. The number of benzene rings is 1. The monoisotopic (exact) mass is 262 g/mol. The third-order valence-corrected chi connectivity index (χ3v) is 4.20. The van der Waals surface area contributed by atoms with Gasteiger partial charge in [-0.25, -0.2) is 4.39 Å². The van der Waals surface area contributed by atoms with Gasteiger partial charge in [-0.15, -0.1) is 0 Å². The van der Waals surface area contributed by atoms with Crippen molar-refractivity contribution in [2.24, 2.45) is 5.41 Å². The molecule has 0 amide bonds. The Morgan fingerprint density at radius 2 is 2.16 bits per heavy atom. The van der Waals surface area contributed by atoms with Crippen LogP contribution in [0, 0.1) is 11.2 Å². The molecule has 0 radical (unpaired) electrons. The molecule has 2 aliphatic rings. The highest BCUT2D eigenvalue weighted by atomic mass is 19.1. The van der Waals surface area contributed by atoms with Crippen LogP contribution in [0.3, 0.4) is 0 Å². The lowest BCUT2D eigenvalue weighted by molar-refractivity contribution is 0.418. The Morgan fingerprint density at radius 1 is 1.37 bits per heavy atom. The molecule has 0 unspecified atom stereocenters. The number of hydrogen-bond donors (Lipinski definition) is 1. The SMILES string of the molecule is CC1(C)CCN(c2ccc(CNC3CC3)cc2F)C1. The van der Waals surface area contributed by atoms with E-state index in [9.17, 15) is 4.39 Å². The van der Waals surface area contributed by atoms with Gasteiger partial charge in [0.15, 0.2) is 0 Å². The highest BCUT2D eigenvalue weighted by Gasteiger charge is 2.30. The summed E-state index contributed by atoms with van der Waals surface area (Å²) in [7, 11) is 0. The molecule has 2 nitrogen and oxygen atoms in total. The quantitative estimate of drug-likeness (QED) is 0.895. The molecule has 2 fully saturated rings. The van der Waals surface area contributed by atoms with Crippen LogP contribution in [0.25, 0.3) is 0 Å². The van der Waals surface area contributed by atoms with Gasteiger partial charge in [0.2, 0.25) is 0 Å². The zero-order chi connectivity index (χ0) is 13.5.